The highest BCUT2D eigenvalue weighted by molar-refractivity contribution is 6.09. The standard InChI is InChI=1S/C21H19N/c1-3-16-9-11-17(12-10-16)22-20-7-5-4-6-18(20)19-13-8-15(2)14-21(19)22/h4-14H,3H2,1-2H3. The Morgan fingerprint density at radius 2 is 1.50 bits per heavy atom. The molecular formula is C21H19N. The minimum absolute atomic E-state index is 1.08. The van der Waals surface area contributed by atoms with Gasteiger partial charge in [0.1, 0.15) is 0 Å². The van der Waals surface area contributed by atoms with Crippen molar-refractivity contribution in [1.82, 2.24) is 4.57 Å². The molecule has 0 amide bonds. The van der Waals surface area contributed by atoms with Crippen molar-refractivity contribution in [3.05, 3.63) is 77.9 Å². The zero-order valence-electron chi connectivity index (χ0n) is 13.0. The van der Waals surface area contributed by atoms with Crippen LogP contribution in [0.4, 0.5) is 0 Å². The topological polar surface area (TPSA) is 4.93 Å². The van der Waals surface area contributed by atoms with Gasteiger partial charge in [0.2, 0.25) is 0 Å². The maximum atomic E-state index is 2.37. The molecule has 0 aliphatic rings. The van der Waals surface area contributed by atoms with Gasteiger partial charge < -0.3 is 4.57 Å². The van der Waals surface area contributed by atoms with Crippen molar-refractivity contribution in [2.24, 2.45) is 0 Å². The van der Waals surface area contributed by atoms with Crippen molar-refractivity contribution < 1.29 is 0 Å². The van der Waals surface area contributed by atoms with E-state index in [9.17, 15) is 0 Å². The Morgan fingerprint density at radius 1 is 0.773 bits per heavy atom. The van der Waals surface area contributed by atoms with E-state index in [0.717, 1.165) is 6.42 Å². The second-order valence-corrected chi connectivity index (χ2v) is 5.89. The number of benzene rings is 3. The molecule has 0 saturated heterocycles. The first kappa shape index (κ1) is 13.1. The van der Waals surface area contributed by atoms with Gasteiger partial charge >= 0.3 is 0 Å². The van der Waals surface area contributed by atoms with Crippen LogP contribution in [0.2, 0.25) is 0 Å². The maximum absolute atomic E-state index is 2.37. The van der Waals surface area contributed by atoms with E-state index < -0.39 is 0 Å². The summed E-state index contributed by atoms with van der Waals surface area (Å²) in [5, 5.41) is 2.64. The van der Waals surface area contributed by atoms with Crippen LogP contribution in [0.25, 0.3) is 27.5 Å². The summed E-state index contributed by atoms with van der Waals surface area (Å²) in [6.45, 7) is 4.35. The summed E-state index contributed by atoms with van der Waals surface area (Å²) in [6.07, 6.45) is 1.08. The molecule has 1 heterocycles. The van der Waals surface area contributed by atoms with Crippen molar-refractivity contribution in [1.29, 1.82) is 0 Å². The predicted molar refractivity (Wildman–Crippen MR) is 94.9 cm³/mol. The van der Waals surface area contributed by atoms with E-state index >= 15 is 0 Å². The summed E-state index contributed by atoms with van der Waals surface area (Å²) in [4.78, 5) is 0. The molecule has 0 saturated carbocycles. The molecule has 4 aromatic rings. The third kappa shape index (κ3) is 1.93. The molecule has 108 valence electrons. The number of hydrogen-bond acceptors (Lipinski definition) is 0. The molecule has 1 nitrogen and oxygen atoms in total. The van der Waals surface area contributed by atoms with Crippen LogP contribution >= 0.6 is 0 Å². The quantitative estimate of drug-likeness (QED) is 0.448. The van der Waals surface area contributed by atoms with Gasteiger partial charge in [-0.05, 0) is 48.7 Å². The lowest BCUT2D eigenvalue weighted by Gasteiger charge is -2.09. The fourth-order valence-electron chi connectivity index (χ4n) is 3.24. The average molecular weight is 285 g/mol. The molecule has 0 N–H and O–H groups in total. The lowest BCUT2D eigenvalue weighted by molar-refractivity contribution is 1.12. The maximum Gasteiger partial charge on any atom is 0.0543 e. The fourth-order valence-corrected chi connectivity index (χ4v) is 3.24. The Balaban J connectivity index is 2.10. The van der Waals surface area contributed by atoms with Crippen LogP contribution in [0.15, 0.2) is 66.7 Å². The molecule has 0 spiro atoms. The van der Waals surface area contributed by atoms with Crippen molar-refractivity contribution in [3.63, 3.8) is 0 Å². The van der Waals surface area contributed by atoms with Gasteiger partial charge in [0.15, 0.2) is 0 Å². The van der Waals surface area contributed by atoms with Crippen molar-refractivity contribution >= 4 is 21.8 Å². The van der Waals surface area contributed by atoms with Gasteiger partial charge in [0.05, 0.1) is 11.0 Å². The fraction of sp³-hybridized carbons (Fsp3) is 0.143. The predicted octanol–water partition coefficient (Wildman–Crippen LogP) is 5.65. The lowest BCUT2D eigenvalue weighted by Crippen LogP contribution is -1.94. The summed E-state index contributed by atoms with van der Waals surface area (Å²) in [5.74, 6) is 0. The van der Waals surface area contributed by atoms with Crippen LogP contribution in [-0.2, 0) is 6.42 Å². The number of hydrogen-bond donors (Lipinski definition) is 0. The first-order valence-electron chi connectivity index (χ1n) is 7.87. The minimum atomic E-state index is 1.08. The Hall–Kier alpha value is -2.54. The molecule has 0 radical (unpaired) electrons. The Morgan fingerprint density at radius 3 is 2.27 bits per heavy atom. The Kier molecular flexibility index (Phi) is 3.00. The molecule has 0 aliphatic heterocycles. The van der Waals surface area contributed by atoms with E-state index in [1.165, 1.54) is 38.6 Å². The van der Waals surface area contributed by atoms with E-state index in [1.54, 1.807) is 0 Å². The second kappa shape index (κ2) is 5.03. The van der Waals surface area contributed by atoms with Gasteiger partial charge in [-0.1, -0.05) is 49.4 Å². The summed E-state index contributed by atoms with van der Waals surface area (Å²) >= 11 is 0. The van der Waals surface area contributed by atoms with Crippen LogP contribution in [0.3, 0.4) is 0 Å². The van der Waals surface area contributed by atoms with Crippen molar-refractivity contribution in [2.45, 2.75) is 20.3 Å². The molecular weight excluding hydrogens is 266 g/mol. The second-order valence-electron chi connectivity index (χ2n) is 5.89. The lowest BCUT2D eigenvalue weighted by atomic mass is 10.1. The van der Waals surface area contributed by atoms with Gasteiger partial charge in [-0.25, -0.2) is 0 Å². The zero-order chi connectivity index (χ0) is 15.1. The van der Waals surface area contributed by atoms with Crippen LogP contribution in [0.1, 0.15) is 18.1 Å². The molecule has 0 atom stereocenters. The van der Waals surface area contributed by atoms with Crippen molar-refractivity contribution in [2.75, 3.05) is 0 Å². The average Bonchev–Trinajstić information content (AvgIpc) is 2.88. The number of nitrogens with zero attached hydrogens (tertiary/aromatic N) is 1. The molecule has 3 aromatic carbocycles. The van der Waals surface area contributed by atoms with Crippen molar-refractivity contribution in [3.8, 4) is 5.69 Å². The summed E-state index contributed by atoms with van der Waals surface area (Å²) in [7, 11) is 0. The first-order chi connectivity index (χ1) is 10.8. The highest BCUT2D eigenvalue weighted by Gasteiger charge is 2.11. The number of aryl methyl sites for hydroxylation is 2. The summed E-state index contributed by atoms with van der Waals surface area (Å²) in [6, 6.07) is 24.3. The van der Waals surface area contributed by atoms with Crippen LogP contribution < -0.4 is 0 Å². The Bertz CT molecular complexity index is 958. The number of para-hydroxylation sites is 1. The molecule has 0 fully saturated rings. The van der Waals surface area contributed by atoms with E-state index in [2.05, 4.69) is 85.1 Å². The third-order valence-electron chi connectivity index (χ3n) is 4.43. The van der Waals surface area contributed by atoms with Gasteiger partial charge in [-0.2, -0.15) is 0 Å². The van der Waals surface area contributed by atoms with E-state index in [0.29, 0.717) is 0 Å². The zero-order valence-corrected chi connectivity index (χ0v) is 13.0. The van der Waals surface area contributed by atoms with Gasteiger partial charge in [0, 0.05) is 16.5 Å². The molecule has 0 bridgehead atoms. The minimum Gasteiger partial charge on any atom is -0.309 e. The van der Waals surface area contributed by atoms with E-state index in [1.807, 2.05) is 0 Å². The molecule has 22 heavy (non-hydrogen) atoms. The van der Waals surface area contributed by atoms with E-state index in [-0.39, 0.29) is 0 Å². The molecule has 0 aliphatic carbocycles. The molecule has 0 unspecified atom stereocenters. The van der Waals surface area contributed by atoms with E-state index in [4.69, 9.17) is 0 Å². The van der Waals surface area contributed by atoms with Crippen LogP contribution in [-0.4, -0.2) is 4.57 Å². The summed E-state index contributed by atoms with van der Waals surface area (Å²) < 4.78 is 2.37. The highest BCUT2D eigenvalue weighted by atomic mass is 15.0. The first-order valence-corrected chi connectivity index (χ1v) is 7.87. The molecule has 4 rings (SSSR count). The smallest absolute Gasteiger partial charge is 0.0543 e. The van der Waals surface area contributed by atoms with Crippen LogP contribution in [0.5, 0.6) is 0 Å². The number of rotatable bonds is 2. The van der Waals surface area contributed by atoms with Gasteiger partial charge in [-0.15, -0.1) is 0 Å². The monoisotopic (exact) mass is 285 g/mol. The molecule has 1 aromatic heterocycles. The normalized spacial score (nSPS) is 11.4. The Labute approximate surface area is 130 Å². The number of aromatic nitrogens is 1. The van der Waals surface area contributed by atoms with Gasteiger partial charge in [0.25, 0.3) is 0 Å². The van der Waals surface area contributed by atoms with Gasteiger partial charge in [-0.3, -0.25) is 0 Å². The highest BCUT2D eigenvalue weighted by Crippen LogP contribution is 2.32. The summed E-state index contributed by atoms with van der Waals surface area (Å²) in [5.41, 5.74) is 6.45. The number of fused-ring (bicyclic) bond motifs is 3. The largest absolute Gasteiger partial charge is 0.309 e. The molecule has 1 heteroatoms. The third-order valence-corrected chi connectivity index (χ3v) is 4.43. The van der Waals surface area contributed by atoms with Crippen LogP contribution in [0, 0.1) is 6.92 Å². The SMILES string of the molecule is CCc1ccc(-n2c3ccccc3c3ccc(C)cc32)cc1.